The lowest BCUT2D eigenvalue weighted by molar-refractivity contribution is 0.0951. The number of aromatic amines is 1. The van der Waals surface area contributed by atoms with Crippen molar-refractivity contribution in [2.45, 2.75) is 13.5 Å². The average Bonchev–Trinajstić information content (AvgIpc) is 3.16. The van der Waals surface area contributed by atoms with Crippen molar-refractivity contribution in [3.63, 3.8) is 0 Å². The van der Waals surface area contributed by atoms with Crippen LogP contribution < -0.4 is 5.32 Å². The van der Waals surface area contributed by atoms with E-state index in [0.717, 1.165) is 0 Å². The Kier molecular flexibility index (Phi) is 4.47. The predicted octanol–water partition coefficient (Wildman–Crippen LogP) is 2.70. The third-order valence-corrected chi connectivity index (χ3v) is 4.21. The number of fused-ring (bicyclic) bond motifs is 1. The van der Waals surface area contributed by atoms with Crippen LogP contribution in [0, 0.1) is 6.92 Å². The minimum absolute atomic E-state index is 0.190. The molecule has 0 unspecified atom stereocenters. The highest BCUT2D eigenvalue weighted by Gasteiger charge is 2.14. The Morgan fingerprint density at radius 2 is 2.15 bits per heavy atom. The van der Waals surface area contributed by atoms with Crippen LogP contribution >= 0.6 is 11.6 Å². The number of hydrogen-bond donors (Lipinski definition) is 2. The molecule has 4 aromatic rings. The van der Waals surface area contributed by atoms with E-state index in [0.29, 0.717) is 44.5 Å². The maximum Gasteiger partial charge on any atom is 0.252 e. The van der Waals surface area contributed by atoms with Crippen LogP contribution in [0.4, 0.5) is 0 Å². The Morgan fingerprint density at radius 1 is 1.26 bits per heavy atom. The Labute approximate surface area is 159 Å². The van der Waals surface area contributed by atoms with Gasteiger partial charge in [0, 0.05) is 23.5 Å². The van der Waals surface area contributed by atoms with E-state index < -0.39 is 0 Å². The number of hydrogen-bond acceptors (Lipinski definition) is 6. The molecule has 0 aliphatic heterocycles. The highest BCUT2D eigenvalue weighted by molar-refractivity contribution is 6.35. The van der Waals surface area contributed by atoms with Gasteiger partial charge in [-0.3, -0.25) is 19.9 Å². The summed E-state index contributed by atoms with van der Waals surface area (Å²) in [4.78, 5) is 29.6. The van der Waals surface area contributed by atoms with Gasteiger partial charge in [-0.05, 0) is 19.1 Å². The molecule has 4 rings (SSSR count). The van der Waals surface area contributed by atoms with E-state index in [1.165, 1.54) is 0 Å². The minimum Gasteiger partial charge on any atom is -0.345 e. The molecule has 0 bridgehead atoms. The molecule has 2 N–H and O–H groups in total. The fourth-order valence-corrected chi connectivity index (χ4v) is 2.91. The zero-order valence-electron chi connectivity index (χ0n) is 14.3. The molecule has 0 aliphatic carbocycles. The van der Waals surface area contributed by atoms with Crippen LogP contribution in [-0.4, -0.2) is 36.0 Å². The van der Waals surface area contributed by atoms with E-state index in [1.54, 1.807) is 36.8 Å². The number of halogens is 1. The second-order valence-corrected chi connectivity index (χ2v) is 6.23. The lowest BCUT2D eigenvalue weighted by atomic mass is 10.1. The summed E-state index contributed by atoms with van der Waals surface area (Å²) in [6.45, 7) is 2.01. The van der Waals surface area contributed by atoms with Gasteiger partial charge in [-0.1, -0.05) is 23.7 Å². The number of aryl methyl sites for hydroxylation is 1. The van der Waals surface area contributed by atoms with E-state index in [2.05, 4.69) is 35.5 Å². The van der Waals surface area contributed by atoms with Gasteiger partial charge in [-0.15, -0.1) is 0 Å². The van der Waals surface area contributed by atoms with Gasteiger partial charge in [-0.25, -0.2) is 9.97 Å². The molecule has 0 saturated carbocycles. The van der Waals surface area contributed by atoms with Crippen LogP contribution in [-0.2, 0) is 6.54 Å². The van der Waals surface area contributed by atoms with Crippen LogP contribution in [0.25, 0.3) is 22.4 Å². The van der Waals surface area contributed by atoms with Crippen LogP contribution in [0.3, 0.4) is 0 Å². The number of rotatable bonds is 4. The maximum absolute atomic E-state index is 12.7. The van der Waals surface area contributed by atoms with Crippen LogP contribution in [0.2, 0.25) is 5.02 Å². The summed E-state index contributed by atoms with van der Waals surface area (Å²) in [7, 11) is 0. The number of benzene rings is 1. The van der Waals surface area contributed by atoms with Crippen molar-refractivity contribution < 1.29 is 4.79 Å². The van der Waals surface area contributed by atoms with Crippen molar-refractivity contribution in [3.8, 4) is 11.5 Å². The van der Waals surface area contributed by atoms with Crippen LogP contribution in [0.1, 0.15) is 21.9 Å². The van der Waals surface area contributed by atoms with E-state index in [1.807, 2.05) is 13.0 Å². The number of pyridine rings is 1. The van der Waals surface area contributed by atoms with Crippen molar-refractivity contribution in [1.82, 2.24) is 35.5 Å². The lowest BCUT2D eigenvalue weighted by Gasteiger charge is -2.09. The van der Waals surface area contributed by atoms with E-state index in [4.69, 9.17) is 11.6 Å². The van der Waals surface area contributed by atoms with Gasteiger partial charge in [-0.2, -0.15) is 5.10 Å². The van der Waals surface area contributed by atoms with Gasteiger partial charge in [0.15, 0.2) is 0 Å². The molecule has 3 aromatic heterocycles. The zero-order chi connectivity index (χ0) is 18.8. The number of amides is 1. The number of H-pyrrole nitrogens is 1. The van der Waals surface area contributed by atoms with E-state index in [-0.39, 0.29) is 12.5 Å². The Balaban J connectivity index is 1.55. The fourth-order valence-electron chi connectivity index (χ4n) is 2.69. The summed E-state index contributed by atoms with van der Waals surface area (Å²) < 4.78 is 0. The standard InChI is InChI=1S/C18H14ClN7O/c1-10-7-12(11-3-2-4-13(19)16(11)23-10)18(27)22-9-15-24-17(26-25-15)14-8-20-5-6-21-14/h2-8H,9H2,1H3,(H,22,27)(H,24,25,26). The van der Waals surface area contributed by atoms with Gasteiger partial charge in [0.25, 0.3) is 5.91 Å². The second kappa shape index (κ2) is 7.08. The fraction of sp³-hybridized carbons (Fsp3) is 0.111. The van der Waals surface area contributed by atoms with Crippen LogP contribution in [0.5, 0.6) is 0 Å². The van der Waals surface area contributed by atoms with Gasteiger partial charge in [0.05, 0.1) is 28.8 Å². The molecular formula is C18H14ClN7O. The summed E-state index contributed by atoms with van der Waals surface area (Å²) >= 11 is 6.21. The quantitative estimate of drug-likeness (QED) is 0.564. The number of carbonyl (C=O) groups excluding carboxylic acids is 1. The first-order chi connectivity index (χ1) is 13.1. The molecule has 8 nitrogen and oxygen atoms in total. The summed E-state index contributed by atoms with van der Waals surface area (Å²) in [6.07, 6.45) is 4.71. The summed E-state index contributed by atoms with van der Waals surface area (Å²) in [5.41, 5.74) is 2.38. The van der Waals surface area contributed by atoms with Crippen molar-refractivity contribution in [3.05, 3.63) is 65.0 Å². The third-order valence-electron chi connectivity index (χ3n) is 3.90. The van der Waals surface area contributed by atoms with Gasteiger partial charge in [0.1, 0.15) is 11.5 Å². The highest BCUT2D eigenvalue weighted by Crippen LogP contribution is 2.25. The molecule has 134 valence electrons. The maximum atomic E-state index is 12.7. The van der Waals surface area contributed by atoms with Crippen molar-refractivity contribution in [2.24, 2.45) is 0 Å². The molecule has 27 heavy (non-hydrogen) atoms. The highest BCUT2D eigenvalue weighted by atomic mass is 35.5. The SMILES string of the molecule is Cc1cc(C(=O)NCc2nc(-c3cnccn3)n[nH]2)c2cccc(Cl)c2n1. The second-order valence-electron chi connectivity index (χ2n) is 5.83. The molecule has 0 fully saturated rings. The van der Waals surface area contributed by atoms with E-state index >= 15 is 0 Å². The number of nitrogens with one attached hydrogen (secondary N) is 2. The smallest absolute Gasteiger partial charge is 0.252 e. The summed E-state index contributed by atoms with van der Waals surface area (Å²) in [5, 5.41) is 10.9. The molecule has 3 heterocycles. The summed E-state index contributed by atoms with van der Waals surface area (Å²) in [6, 6.07) is 7.10. The lowest BCUT2D eigenvalue weighted by Crippen LogP contribution is -2.24. The van der Waals surface area contributed by atoms with Gasteiger partial charge < -0.3 is 5.32 Å². The van der Waals surface area contributed by atoms with Crippen molar-refractivity contribution in [2.75, 3.05) is 0 Å². The number of nitrogens with zero attached hydrogens (tertiary/aromatic N) is 5. The minimum atomic E-state index is -0.245. The zero-order valence-corrected chi connectivity index (χ0v) is 15.0. The Morgan fingerprint density at radius 3 is 2.96 bits per heavy atom. The predicted molar refractivity (Wildman–Crippen MR) is 100 cm³/mol. The number of carbonyl (C=O) groups is 1. The largest absolute Gasteiger partial charge is 0.345 e. The van der Waals surface area contributed by atoms with Gasteiger partial charge in [0.2, 0.25) is 5.82 Å². The first kappa shape index (κ1) is 17.0. The number of para-hydroxylation sites is 1. The first-order valence-corrected chi connectivity index (χ1v) is 8.51. The van der Waals surface area contributed by atoms with Crippen LogP contribution in [0.15, 0.2) is 42.9 Å². The molecule has 9 heteroatoms. The average molecular weight is 380 g/mol. The van der Waals surface area contributed by atoms with Crippen molar-refractivity contribution in [1.29, 1.82) is 0 Å². The Bertz CT molecular complexity index is 1130. The third kappa shape index (κ3) is 3.47. The van der Waals surface area contributed by atoms with Gasteiger partial charge >= 0.3 is 0 Å². The number of aromatic nitrogens is 6. The summed E-state index contributed by atoms with van der Waals surface area (Å²) in [5.74, 6) is 0.687. The molecule has 0 atom stereocenters. The van der Waals surface area contributed by atoms with E-state index in [9.17, 15) is 4.79 Å². The Hall–Kier alpha value is -3.39. The molecule has 0 saturated heterocycles. The topological polar surface area (TPSA) is 109 Å². The first-order valence-electron chi connectivity index (χ1n) is 8.13. The molecular weight excluding hydrogens is 366 g/mol. The molecule has 1 aromatic carbocycles. The normalized spacial score (nSPS) is 10.9. The molecule has 0 aliphatic rings. The monoisotopic (exact) mass is 379 g/mol. The molecule has 0 spiro atoms. The molecule has 0 radical (unpaired) electrons. The van der Waals surface area contributed by atoms with Crippen molar-refractivity contribution >= 4 is 28.4 Å². The molecule has 1 amide bonds.